The summed E-state index contributed by atoms with van der Waals surface area (Å²) in [5, 5.41) is 5.34. The Kier molecular flexibility index (Phi) is 6.63. The van der Waals surface area contributed by atoms with Gasteiger partial charge in [0, 0.05) is 21.8 Å². The molecule has 1 aromatic rings. The minimum Gasteiger partial charge on any atom is -0.339 e. The van der Waals surface area contributed by atoms with Crippen LogP contribution in [-0.2, 0) is 11.3 Å². The molecule has 3 nitrogen and oxygen atoms in total. The Hall–Kier alpha value is -0.100. The normalized spacial score (nSPS) is 19.1. The number of carbonyl (C=O) groups is 1. The molecule has 1 aliphatic heterocycles. The maximum atomic E-state index is 12.2. The molecule has 0 bridgehead atoms. The maximum Gasteiger partial charge on any atom is 0.239 e. The Labute approximate surface area is 126 Å². The van der Waals surface area contributed by atoms with Crippen LogP contribution in [0.3, 0.4) is 0 Å². The Morgan fingerprint density at radius 2 is 2.39 bits per heavy atom. The molecule has 6 heteroatoms. The summed E-state index contributed by atoms with van der Waals surface area (Å²) in [6.45, 7) is 1.67. The molecule has 1 saturated heterocycles. The van der Waals surface area contributed by atoms with E-state index in [9.17, 15) is 4.79 Å². The molecule has 2 heterocycles. The second-order valence-corrected chi connectivity index (χ2v) is 6.34. The number of nitrogens with one attached hydrogen (secondary N) is 1. The van der Waals surface area contributed by atoms with Crippen LogP contribution in [0, 0.1) is 0 Å². The number of nitrogens with zero attached hydrogens (tertiary/aromatic N) is 1. The highest BCUT2D eigenvalue weighted by molar-refractivity contribution is 9.10. The lowest BCUT2D eigenvalue weighted by atomic mass is 10.0. The summed E-state index contributed by atoms with van der Waals surface area (Å²) in [5.74, 6) is 0.217. The largest absolute Gasteiger partial charge is 0.339 e. The topological polar surface area (TPSA) is 32.3 Å². The van der Waals surface area contributed by atoms with Crippen molar-refractivity contribution in [2.75, 3.05) is 13.6 Å². The van der Waals surface area contributed by atoms with Gasteiger partial charge >= 0.3 is 0 Å². The number of halogens is 2. The van der Waals surface area contributed by atoms with E-state index in [0.29, 0.717) is 6.54 Å². The summed E-state index contributed by atoms with van der Waals surface area (Å²) in [6.07, 6.45) is 3.31. The van der Waals surface area contributed by atoms with Gasteiger partial charge in [-0.3, -0.25) is 4.79 Å². The first-order valence-electron chi connectivity index (χ1n) is 5.88. The first-order chi connectivity index (χ1) is 8.16. The zero-order valence-electron chi connectivity index (χ0n) is 10.3. The van der Waals surface area contributed by atoms with E-state index >= 15 is 0 Å². The van der Waals surface area contributed by atoms with Crippen LogP contribution in [0.25, 0.3) is 0 Å². The second kappa shape index (κ2) is 7.48. The Balaban J connectivity index is 0.00000162. The van der Waals surface area contributed by atoms with E-state index in [1.54, 1.807) is 11.3 Å². The average Bonchev–Trinajstić information content (AvgIpc) is 2.75. The molecule has 18 heavy (non-hydrogen) atoms. The van der Waals surface area contributed by atoms with Crippen molar-refractivity contribution >= 4 is 45.6 Å². The number of hydrogen-bond donors (Lipinski definition) is 1. The van der Waals surface area contributed by atoms with E-state index in [4.69, 9.17) is 0 Å². The summed E-state index contributed by atoms with van der Waals surface area (Å²) >= 11 is 5.11. The molecule has 0 spiro atoms. The van der Waals surface area contributed by atoms with E-state index in [0.717, 1.165) is 23.9 Å². The average molecular weight is 354 g/mol. The fourth-order valence-corrected chi connectivity index (χ4v) is 3.58. The SMILES string of the molecule is CN(Cc1cc(Br)cs1)C(=O)[C@H]1CCCCN1.Cl. The second-order valence-electron chi connectivity index (χ2n) is 4.43. The van der Waals surface area contributed by atoms with Gasteiger partial charge in [-0.15, -0.1) is 23.7 Å². The Morgan fingerprint density at radius 1 is 1.61 bits per heavy atom. The van der Waals surface area contributed by atoms with Crippen molar-refractivity contribution in [3.63, 3.8) is 0 Å². The molecule has 1 amide bonds. The number of piperidine rings is 1. The third kappa shape index (κ3) is 4.23. The van der Waals surface area contributed by atoms with Crippen LogP contribution in [0.1, 0.15) is 24.1 Å². The zero-order valence-corrected chi connectivity index (χ0v) is 13.5. The number of thiophene rings is 1. The van der Waals surface area contributed by atoms with E-state index in [1.807, 2.05) is 17.3 Å². The quantitative estimate of drug-likeness (QED) is 0.906. The Bertz CT molecular complexity index is 393. The van der Waals surface area contributed by atoms with Gasteiger partial charge in [-0.1, -0.05) is 6.42 Å². The van der Waals surface area contributed by atoms with Crippen molar-refractivity contribution < 1.29 is 4.79 Å². The van der Waals surface area contributed by atoms with Crippen LogP contribution in [0.4, 0.5) is 0 Å². The highest BCUT2D eigenvalue weighted by atomic mass is 79.9. The number of hydrogen-bond acceptors (Lipinski definition) is 3. The fourth-order valence-electron chi connectivity index (χ4n) is 2.08. The molecular formula is C12H18BrClN2OS. The van der Waals surface area contributed by atoms with Crippen molar-refractivity contribution in [1.82, 2.24) is 10.2 Å². The van der Waals surface area contributed by atoms with E-state index in [1.165, 1.54) is 11.3 Å². The zero-order chi connectivity index (χ0) is 12.3. The molecule has 1 aromatic heterocycles. The van der Waals surface area contributed by atoms with Crippen LogP contribution in [0.2, 0.25) is 0 Å². The summed E-state index contributed by atoms with van der Waals surface area (Å²) in [6, 6.07) is 2.10. The predicted octanol–water partition coefficient (Wildman–Crippen LogP) is 3.03. The molecule has 1 fully saturated rings. The lowest BCUT2D eigenvalue weighted by Crippen LogP contribution is -2.46. The number of carbonyl (C=O) groups excluding carboxylic acids is 1. The molecule has 0 saturated carbocycles. The number of rotatable bonds is 3. The van der Waals surface area contributed by atoms with Gasteiger partial charge in [-0.2, -0.15) is 0 Å². The van der Waals surface area contributed by atoms with Crippen molar-refractivity contribution in [2.45, 2.75) is 31.8 Å². The fraction of sp³-hybridized carbons (Fsp3) is 0.583. The van der Waals surface area contributed by atoms with E-state index < -0.39 is 0 Å². The molecule has 2 rings (SSSR count). The molecule has 102 valence electrons. The van der Waals surface area contributed by atoms with E-state index in [2.05, 4.69) is 27.3 Å². The van der Waals surface area contributed by atoms with Gasteiger partial charge in [0.1, 0.15) is 0 Å². The van der Waals surface area contributed by atoms with Crippen molar-refractivity contribution in [2.24, 2.45) is 0 Å². The van der Waals surface area contributed by atoms with Crippen LogP contribution in [0.5, 0.6) is 0 Å². The molecule has 0 aliphatic carbocycles. The van der Waals surface area contributed by atoms with Gasteiger partial charge in [-0.05, 0) is 41.4 Å². The van der Waals surface area contributed by atoms with Gasteiger partial charge < -0.3 is 10.2 Å². The summed E-state index contributed by atoms with van der Waals surface area (Å²) in [5.41, 5.74) is 0. The molecular weight excluding hydrogens is 336 g/mol. The predicted molar refractivity (Wildman–Crippen MR) is 81.4 cm³/mol. The lowest BCUT2D eigenvalue weighted by Gasteiger charge is -2.27. The minimum absolute atomic E-state index is 0. The first-order valence-corrected chi connectivity index (χ1v) is 7.55. The molecule has 0 unspecified atom stereocenters. The number of amides is 1. The van der Waals surface area contributed by atoms with E-state index in [-0.39, 0.29) is 24.4 Å². The van der Waals surface area contributed by atoms with Crippen LogP contribution >= 0.6 is 39.7 Å². The molecule has 1 aliphatic rings. The summed E-state index contributed by atoms with van der Waals surface area (Å²) in [7, 11) is 1.88. The van der Waals surface area contributed by atoms with Gasteiger partial charge in [0.15, 0.2) is 0 Å². The standard InChI is InChI=1S/C12H17BrN2OS.ClH/c1-15(7-10-6-9(13)8-17-10)12(16)11-4-2-3-5-14-11;/h6,8,11,14H,2-5,7H2,1H3;1H/t11-;/m1./s1. The lowest BCUT2D eigenvalue weighted by molar-refractivity contribution is -0.133. The highest BCUT2D eigenvalue weighted by Gasteiger charge is 2.23. The monoisotopic (exact) mass is 352 g/mol. The molecule has 1 N–H and O–H groups in total. The summed E-state index contributed by atoms with van der Waals surface area (Å²) < 4.78 is 1.09. The van der Waals surface area contributed by atoms with Crippen molar-refractivity contribution in [3.05, 3.63) is 20.8 Å². The third-order valence-corrected chi connectivity index (χ3v) is 4.68. The molecule has 1 atom stereocenters. The smallest absolute Gasteiger partial charge is 0.239 e. The van der Waals surface area contributed by atoms with Gasteiger partial charge in [0.05, 0.1) is 12.6 Å². The van der Waals surface area contributed by atoms with Crippen LogP contribution < -0.4 is 5.32 Å². The van der Waals surface area contributed by atoms with Gasteiger partial charge in [0.25, 0.3) is 0 Å². The van der Waals surface area contributed by atoms with Crippen LogP contribution in [0.15, 0.2) is 15.9 Å². The minimum atomic E-state index is 0. The highest BCUT2D eigenvalue weighted by Crippen LogP contribution is 2.21. The van der Waals surface area contributed by atoms with Crippen LogP contribution in [-0.4, -0.2) is 30.4 Å². The van der Waals surface area contributed by atoms with Crippen molar-refractivity contribution in [1.29, 1.82) is 0 Å². The maximum absolute atomic E-state index is 12.2. The summed E-state index contributed by atoms with van der Waals surface area (Å²) in [4.78, 5) is 15.2. The first kappa shape index (κ1) is 16.0. The number of likely N-dealkylation sites (N-methyl/N-ethyl adjacent to an activating group) is 1. The van der Waals surface area contributed by atoms with Crippen molar-refractivity contribution in [3.8, 4) is 0 Å². The Morgan fingerprint density at radius 3 is 2.94 bits per heavy atom. The molecule has 0 radical (unpaired) electrons. The molecule has 0 aromatic carbocycles. The van der Waals surface area contributed by atoms with Gasteiger partial charge in [-0.25, -0.2) is 0 Å². The third-order valence-electron chi connectivity index (χ3n) is 3.00. The van der Waals surface area contributed by atoms with Gasteiger partial charge in [0.2, 0.25) is 5.91 Å².